The summed E-state index contributed by atoms with van der Waals surface area (Å²) in [6.07, 6.45) is 7.06. The van der Waals surface area contributed by atoms with E-state index < -0.39 is 11.9 Å². The summed E-state index contributed by atoms with van der Waals surface area (Å²) in [6.45, 7) is 6.15. The van der Waals surface area contributed by atoms with Crippen LogP contribution >= 0.6 is 0 Å². The Balaban J connectivity index is 2.31. The lowest BCUT2D eigenvalue weighted by Gasteiger charge is -2.18. The van der Waals surface area contributed by atoms with E-state index in [1.54, 1.807) is 43.3 Å². The highest BCUT2D eigenvalue weighted by Crippen LogP contribution is 2.33. The molecule has 3 rings (SSSR count). The van der Waals surface area contributed by atoms with E-state index in [0.29, 0.717) is 24.0 Å². The summed E-state index contributed by atoms with van der Waals surface area (Å²) >= 11 is 0. The van der Waals surface area contributed by atoms with Gasteiger partial charge in [-0.25, -0.2) is 9.59 Å². The third-order valence-electron chi connectivity index (χ3n) is 6.54. The van der Waals surface area contributed by atoms with Gasteiger partial charge in [-0.1, -0.05) is 75.9 Å². The lowest BCUT2D eigenvalue weighted by Crippen LogP contribution is -2.14. The number of esters is 1. The highest BCUT2D eigenvalue weighted by molar-refractivity contribution is 6.17. The number of rotatable bonds is 13. The molecule has 190 valence electrons. The van der Waals surface area contributed by atoms with E-state index in [4.69, 9.17) is 4.74 Å². The predicted molar refractivity (Wildman–Crippen MR) is 143 cm³/mol. The molecule has 0 aliphatic carbocycles. The highest BCUT2D eigenvalue weighted by atomic mass is 16.5. The molecule has 36 heavy (non-hydrogen) atoms. The number of carboxylic acid groups (broad SMARTS) is 1. The number of carboxylic acids is 1. The Hall–Kier alpha value is -3.47. The van der Waals surface area contributed by atoms with Crippen molar-refractivity contribution < 1.29 is 24.2 Å². The minimum Gasteiger partial charge on any atom is -0.478 e. The van der Waals surface area contributed by atoms with Crippen LogP contribution in [0.2, 0.25) is 0 Å². The van der Waals surface area contributed by atoms with Crippen molar-refractivity contribution in [1.29, 1.82) is 0 Å². The molecule has 3 aromatic rings. The summed E-state index contributed by atoms with van der Waals surface area (Å²) in [5, 5.41) is 11.7. The molecule has 3 aromatic carbocycles. The molecule has 0 heterocycles. The van der Waals surface area contributed by atoms with Crippen molar-refractivity contribution >= 4 is 28.5 Å². The van der Waals surface area contributed by atoms with E-state index in [1.165, 1.54) is 0 Å². The van der Waals surface area contributed by atoms with Crippen molar-refractivity contribution in [2.75, 3.05) is 6.61 Å². The first kappa shape index (κ1) is 27.1. The van der Waals surface area contributed by atoms with Gasteiger partial charge in [0.2, 0.25) is 0 Å². The third kappa shape index (κ3) is 6.20. The Kier molecular flexibility index (Phi) is 9.80. The van der Waals surface area contributed by atoms with Gasteiger partial charge in [-0.2, -0.15) is 0 Å². The molecule has 0 radical (unpaired) electrons. The van der Waals surface area contributed by atoms with Crippen LogP contribution in [0, 0.1) is 0 Å². The van der Waals surface area contributed by atoms with Crippen LogP contribution in [0.4, 0.5) is 0 Å². The van der Waals surface area contributed by atoms with Crippen molar-refractivity contribution in [3.8, 4) is 0 Å². The molecule has 0 fully saturated rings. The molecule has 0 aliphatic rings. The fourth-order valence-electron chi connectivity index (χ4n) is 4.74. The molecule has 0 unspecified atom stereocenters. The van der Waals surface area contributed by atoms with Crippen molar-refractivity contribution in [2.45, 2.75) is 72.1 Å². The predicted octanol–water partition coefficient (Wildman–Crippen LogP) is 7.41. The average Bonchev–Trinajstić information content (AvgIpc) is 2.88. The Bertz CT molecular complexity index is 1230. The van der Waals surface area contributed by atoms with Gasteiger partial charge in [-0.05, 0) is 66.6 Å². The maximum atomic E-state index is 13.5. The van der Waals surface area contributed by atoms with Gasteiger partial charge in [0.05, 0.1) is 17.7 Å². The largest absolute Gasteiger partial charge is 0.478 e. The van der Waals surface area contributed by atoms with Crippen LogP contribution in [0.15, 0.2) is 48.5 Å². The van der Waals surface area contributed by atoms with Crippen LogP contribution < -0.4 is 0 Å². The Labute approximate surface area is 213 Å². The molecule has 5 heteroatoms. The lowest BCUT2D eigenvalue weighted by atomic mass is 9.86. The van der Waals surface area contributed by atoms with E-state index in [2.05, 4.69) is 13.8 Å². The molecule has 0 amide bonds. The number of carbonyl (C=O) groups excluding carboxylic acids is 2. The minimum atomic E-state index is -0.944. The van der Waals surface area contributed by atoms with Crippen LogP contribution in [0.5, 0.6) is 0 Å². The number of ether oxygens (including phenoxy) is 1. The molecule has 0 saturated heterocycles. The number of hydrogen-bond acceptors (Lipinski definition) is 4. The van der Waals surface area contributed by atoms with Gasteiger partial charge in [0, 0.05) is 11.1 Å². The second kappa shape index (κ2) is 13.0. The topological polar surface area (TPSA) is 80.7 Å². The number of hydrogen-bond donors (Lipinski definition) is 1. The summed E-state index contributed by atoms with van der Waals surface area (Å²) in [4.78, 5) is 39.0. The number of benzene rings is 3. The Morgan fingerprint density at radius 3 is 2.08 bits per heavy atom. The number of ketones is 1. The summed E-state index contributed by atoms with van der Waals surface area (Å²) in [6, 6.07) is 14.1. The van der Waals surface area contributed by atoms with E-state index >= 15 is 0 Å². The monoisotopic (exact) mass is 488 g/mol. The second-order valence-corrected chi connectivity index (χ2v) is 9.14. The highest BCUT2D eigenvalue weighted by Gasteiger charge is 2.25. The number of aromatic carboxylic acids is 1. The number of carbonyl (C=O) groups is 3. The molecule has 0 atom stereocenters. The standard InChI is InChI=1S/C31H36O5/c1-4-7-10-16-22-18-23-19-27(31(35)36-6-3)26(29(32)21-14-12-9-13-15-21)20-25(23)24(17-11-8-5-2)28(22)30(33)34/h9,12-15,18-20H,4-8,10-11,16-17H2,1-3H3,(H,33,34). The first-order valence-electron chi connectivity index (χ1n) is 13.0. The van der Waals surface area contributed by atoms with Crippen LogP contribution in [-0.4, -0.2) is 29.4 Å². The maximum Gasteiger partial charge on any atom is 0.338 e. The van der Waals surface area contributed by atoms with E-state index in [1.807, 2.05) is 12.1 Å². The molecule has 0 aliphatic heterocycles. The van der Waals surface area contributed by atoms with Crippen LogP contribution in [0.25, 0.3) is 10.8 Å². The Morgan fingerprint density at radius 1 is 0.806 bits per heavy atom. The first-order chi connectivity index (χ1) is 17.4. The van der Waals surface area contributed by atoms with Crippen LogP contribution in [0.1, 0.15) is 107 Å². The molecule has 0 spiro atoms. The van der Waals surface area contributed by atoms with Gasteiger partial charge in [-0.3, -0.25) is 4.79 Å². The lowest BCUT2D eigenvalue weighted by molar-refractivity contribution is 0.0523. The number of aryl methyl sites for hydroxylation is 2. The van der Waals surface area contributed by atoms with Crippen LogP contribution in [0.3, 0.4) is 0 Å². The van der Waals surface area contributed by atoms with Crippen molar-refractivity contribution in [1.82, 2.24) is 0 Å². The van der Waals surface area contributed by atoms with E-state index in [9.17, 15) is 19.5 Å². The smallest absolute Gasteiger partial charge is 0.338 e. The molecular formula is C31H36O5. The Morgan fingerprint density at radius 2 is 1.47 bits per heavy atom. The average molecular weight is 489 g/mol. The normalized spacial score (nSPS) is 11.0. The van der Waals surface area contributed by atoms with Gasteiger partial charge < -0.3 is 9.84 Å². The molecule has 1 N–H and O–H groups in total. The number of fused-ring (bicyclic) bond motifs is 1. The molecule has 0 bridgehead atoms. The van der Waals surface area contributed by atoms with Crippen molar-refractivity contribution in [2.24, 2.45) is 0 Å². The zero-order valence-electron chi connectivity index (χ0n) is 21.6. The molecule has 5 nitrogen and oxygen atoms in total. The maximum absolute atomic E-state index is 13.5. The van der Waals surface area contributed by atoms with Gasteiger partial charge in [-0.15, -0.1) is 0 Å². The zero-order valence-corrected chi connectivity index (χ0v) is 21.6. The summed E-state index contributed by atoms with van der Waals surface area (Å²) in [5.74, 6) is -1.79. The second-order valence-electron chi connectivity index (χ2n) is 9.14. The van der Waals surface area contributed by atoms with Crippen LogP contribution in [-0.2, 0) is 17.6 Å². The first-order valence-corrected chi connectivity index (χ1v) is 13.0. The van der Waals surface area contributed by atoms with Gasteiger partial charge in [0.15, 0.2) is 5.78 Å². The molecule has 0 saturated carbocycles. The minimum absolute atomic E-state index is 0.193. The SMILES string of the molecule is CCCCCc1cc2cc(C(=O)OCC)c(C(=O)c3ccccc3)cc2c(CCCCC)c1C(=O)O. The summed E-state index contributed by atoms with van der Waals surface area (Å²) in [5.41, 5.74) is 2.78. The van der Waals surface area contributed by atoms with E-state index in [0.717, 1.165) is 60.4 Å². The summed E-state index contributed by atoms with van der Waals surface area (Å²) in [7, 11) is 0. The fraction of sp³-hybridized carbons (Fsp3) is 0.387. The fourth-order valence-corrected chi connectivity index (χ4v) is 4.74. The van der Waals surface area contributed by atoms with Crippen molar-refractivity contribution in [3.63, 3.8) is 0 Å². The molecular weight excluding hydrogens is 452 g/mol. The summed E-state index contributed by atoms with van der Waals surface area (Å²) < 4.78 is 5.30. The van der Waals surface area contributed by atoms with Gasteiger partial charge in [0.25, 0.3) is 0 Å². The number of unbranched alkanes of at least 4 members (excludes halogenated alkanes) is 4. The quantitative estimate of drug-likeness (QED) is 0.154. The van der Waals surface area contributed by atoms with Gasteiger partial charge in [0.1, 0.15) is 0 Å². The molecule has 0 aromatic heterocycles. The zero-order chi connectivity index (χ0) is 26.1. The van der Waals surface area contributed by atoms with E-state index in [-0.39, 0.29) is 23.5 Å². The van der Waals surface area contributed by atoms with Gasteiger partial charge >= 0.3 is 11.9 Å². The van der Waals surface area contributed by atoms with Crippen molar-refractivity contribution in [3.05, 3.63) is 81.9 Å². The third-order valence-corrected chi connectivity index (χ3v) is 6.54.